The number of nitrogens with zero attached hydrogens (tertiary/aromatic N) is 2. The van der Waals surface area contributed by atoms with Crippen molar-refractivity contribution in [2.45, 2.75) is 30.7 Å². The highest BCUT2D eigenvalue weighted by Gasteiger charge is 2.26. The van der Waals surface area contributed by atoms with Crippen LogP contribution in [0.15, 0.2) is 52.3 Å². The second kappa shape index (κ2) is 6.86. The van der Waals surface area contributed by atoms with Crippen LogP contribution >= 0.6 is 0 Å². The Hall–Kier alpha value is -1.99. The standard InChI is InChI=1S/C17H19FN2O3S/c18-15-6-4-14(5-7-15)12-19-13-16(8-9-17(19)21)24(22,23)20-10-2-1-3-11-20/h4-9,13H,1-3,10-12H2. The van der Waals surface area contributed by atoms with E-state index in [4.69, 9.17) is 0 Å². The molecule has 2 aromatic rings. The molecule has 1 aromatic carbocycles. The average Bonchev–Trinajstić information content (AvgIpc) is 2.59. The maximum absolute atomic E-state index is 13.0. The summed E-state index contributed by atoms with van der Waals surface area (Å²) in [6.45, 7) is 1.22. The molecule has 1 aliphatic heterocycles. The van der Waals surface area contributed by atoms with Crippen molar-refractivity contribution in [3.05, 3.63) is 64.3 Å². The average molecular weight is 350 g/mol. The van der Waals surface area contributed by atoms with Crippen molar-refractivity contribution >= 4 is 10.0 Å². The lowest BCUT2D eigenvalue weighted by molar-refractivity contribution is 0.346. The number of hydrogen-bond donors (Lipinski definition) is 0. The first-order valence-electron chi connectivity index (χ1n) is 7.92. The molecule has 128 valence electrons. The zero-order valence-electron chi connectivity index (χ0n) is 13.2. The molecular weight excluding hydrogens is 331 g/mol. The van der Waals surface area contributed by atoms with E-state index in [2.05, 4.69) is 0 Å². The quantitative estimate of drug-likeness (QED) is 0.849. The van der Waals surface area contributed by atoms with Crippen LogP contribution in [-0.4, -0.2) is 30.4 Å². The van der Waals surface area contributed by atoms with Gasteiger partial charge in [0.2, 0.25) is 10.0 Å². The Morgan fingerprint density at radius 1 is 0.958 bits per heavy atom. The third-order valence-electron chi connectivity index (χ3n) is 4.18. The first-order chi connectivity index (χ1) is 11.5. The van der Waals surface area contributed by atoms with E-state index in [1.54, 1.807) is 12.1 Å². The van der Waals surface area contributed by atoms with E-state index in [0.717, 1.165) is 24.8 Å². The third-order valence-corrected chi connectivity index (χ3v) is 6.06. The van der Waals surface area contributed by atoms with Gasteiger partial charge in [0.1, 0.15) is 5.82 Å². The topological polar surface area (TPSA) is 59.4 Å². The van der Waals surface area contributed by atoms with Gasteiger partial charge in [0.25, 0.3) is 5.56 Å². The smallest absolute Gasteiger partial charge is 0.250 e. The number of rotatable bonds is 4. The Bertz CT molecular complexity index is 869. The molecule has 0 aliphatic carbocycles. The minimum atomic E-state index is -3.59. The van der Waals surface area contributed by atoms with Gasteiger partial charge in [-0.25, -0.2) is 12.8 Å². The summed E-state index contributed by atoms with van der Waals surface area (Å²) in [5, 5.41) is 0. The van der Waals surface area contributed by atoms with Gasteiger partial charge < -0.3 is 4.57 Å². The van der Waals surface area contributed by atoms with E-state index in [1.165, 1.54) is 39.3 Å². The lowest BCUT2D eigenvalue weighted by Crippen LogP contribution is -2.36. The van der Waals surface area contributed by atoms with Crippen LogP contribution in [0.2, 0.25) is 0 Å². The van der Waals surface area contributed by atoms with Crippen LogP contribution in [0.3, 0.4) is 0 Å². The third kappa shape index (κ3) is 3.57. The summed E-state index contributed by atoms with van der Waals surface area (Å²) in [6, 6.07) is 8.40. The van der Waals surface area contributed by atoms with Crippen molar-refractivity contribution in [1.29, 1.82) is 0 Å². The van der Waals surface area contributed by atoms with Crippen molar-refractivity contribution < 1.29 is 12.8 Å². The van der Waals surface area contributed by atoms with E-state index in [-0.39, 0.29) is 22.8 Å². The SMILES string of the molecule is O=c1ccc(S(=O)(=O)N2CCCCC2)cn1Cc1ccc(F)cc1. The molecule has 0 saturated carbocycles. The molecule has 0 spiro atoms. The summed E-state index contributed by atoms with van der Waals surface area (Å²) in [5.74, 6) is -0.354. The van der Waals surface area contributed by atoms with Gasteiger partial charge in [0.05, 0.1) is 11.4 Å². The fourth-order valence-electron chi connectivity index (χ4n) is 2.83. The largest absolute Gasteiger partial charge is 0.310 e. The van der Waals surface area contributed by atoms with Gasteiger partial charge in [-0.05, 0) is 36.6 Å². The van der Waals surface area contributed by atoms with Gasteiger partial charge in [0, 0.05) is 25.4 Å². The van der Waals surface area contributed by atoms with E-state index in [9.17, 15) is 17.6 Å². The maximum Gasteiger partial charge on any atom is 0.250 e. The van der Waals surface area contributed by atoms with E-state index in [0.29, 0.717) is 13.1 Å². The molecule has 5 nitrogen and oxygen atoms in total. The zero-order chi connectivity index (χ0) is 17.2. The molecule has 3 rings (SSSR count). The molecule has 0 atom stereocenters. The van der Waals surface area contributed by atoms with Crippen molar-refractivity contribution in [3.8, 4) is 0 Å². The van der Waals surface area contributed by atoms with Crippen molar-refractivity contribution in [2.24, 2.45) is 0 Å². The van der Waals surface area contributed by atoms with Crippen molar-refractivity contribution in [1.82, 2.24) is 8.87 Å². The number of benzene rings is 1. The Morgan fingerprint density at radius 3 is 2.29 bits per heavy atom. The Morgan fingerprint density at radius 2 is 1.62 bits per heavy atom. The minimum Gasteiger partial charge on any atom is -0.310 e. The minimum absolute atomic E-state index is 0.117. The van der Waals surface area contributed by atoms with Gasteiger partial charge in [-0.15, -0.1) is 0 Å². The molecule has 0 N–H and O–H groups in total. The first kappa shape index (κ1) is 16.9. The summed E-state index contributed by atoms with van der Waals surface area (Å²) < 4.78 is 41.2. The van der Waals surface area contributed by atoms with Gasteiger partial charge in [0.15, 0.2) is 0 Å². The lowest BCUT2D eigenvalue weighted by Gasteiger charge is -2.26. The van der Waals surface area contributed by atoms with Gasteiger partial charge in [-0.1, -0.05) is 18.6 Å². The van der Waals surface area contributed by atoms with E-state index < -0.39 is 10.0 Å². The van der Waals surface area contributed by atoms with Crippen LogP contribution in [0.25, 0.3) is 0 Å². The zero-order valence-corrected chi connectivity index (χ0v) is 14.0. The molecule has 2 heterocycles. The monoisotopic (exact) mass is 350 g/mol. The molecule has 0 bridgehead atoms. The normalized spacial score (nSPS) is 16.2. The molecule has 0 radical (unpaired) electrons. The van der Waals surface area contributed by atoms with E-state index >= 15 is 0 Å². The summed E-state index contributed by atoms with van der Waals surface area (Å²) in [5.41, 5.74) is 0.433. The van der Waals surface area contributed by atoms with Crippen molar-refractivity contribution in [2.75, 3.05) is 13.1 Å². The van der Waals surface area contributed by atoms with Crippen molar-refractivity contribution in [3.63, 3.8) is 0 Å². The molecule has 1 aromatic heterocycles. The summed E-state index contributed by atoms with van der Waals surface area (Å²) in [4.78, 5) is 12.1. The van der Waals surface area contributed by atoms with Crippen LogP contribution in [0, 0.1) is 5.82 Å². The second-order valence-corrected chi connectivity index (χ2v) is 7.86. The van der Waals surface area contributed by atoms with Gasteiger partial charge >= 0.3 is 0 Å². The number of sulfonamides is 1. The molecule has 0 unspecified atom stereocenters. The van der Waals surface area contributed by atoms with Crippen LogP contribution in [0.1, 0.15) is 24.8 Å². The fraction of sp³-hybridized carbons (Fsp3) is 0.353. The lowest BCUT2D eigenvalue weighted by atomic mass is 10.2. The maximum atomic E-state index is 13.0. The van der Waals surface area contributed by atoms with Crippen LogP contribution in [0.4, 0.5) is 4.39 Å². The number of hydrogen-bond acceptors (Lipinski definition) is 3. The Labute approximate surface area is 140 Å². The molecule has 0 amide bonds. The number of halogens is 1. The second-order valence-electron chi connectivity index (χ2n) is 5.92. The number of aromatic nitrogens is 1. The predicted octanol–water partition coefficient (Wildman–Crippen LogP) is 2.21. The Balaban J connectivity index is 1.90. The molecule has 1 saturated heterocycles. The van der Waals surface area contributed by atoms with Gasteiger partial charge in [-0.2, -0.15) is 4.31 Å². The summed E-state index contributed by atoms with van der Waals surface area (Å²) in [6.07, 6.45) is 4.12. The van der Waals surface area contributed by atoms with Crippen LogP contribution < -0.4 is 5.56 Å². The Kier molecular flexibility index (Phi) is 4.82. The molecular formula is C17H19FN2O3S. The van der Waals surface area contributed by atoms with Crippen LogP contribution in [-0.2, 0) is 16.6 Å². The van der Waals surface area contributed by atoms with Gasteiger partial charge in [-0.3, -0.25) is 4.79 Å². The molecule has 24 heavy (non-hydrogen) atoms. The highest BCUT2D eigenvalue weighted by Crippen LogP contribution is 2.19. The number of piperidine rings is 1. The highest BCUT2D eigenvalue weighted by atomic mass is 32.2. The molecule has 7 heteroatoms. The van der Waals surface area contributed by atoms with E-state index in [1.807, 2.05) is 0 Å². The summed E-state index contributed by atoms with van der Waals surface area (Å²) >= 11 is 0. The summed E-state index contributed by atoms with van der Waals surface area (Å²) in [7, 11) is -3.59. The highest BCUT2D eigenvalue weighted by molar-refractivity contribution is 7.89. The molecule has 1 aliphatic rings. The first-order valence-corrected chi connectivity index (χ1v) is 9.36. The number of pyridine rings is 1. The van der Waals surface area contributed by atoms with Crippen LogP contribution in [0.5, 0.6) is 0 Å². The fourth-order valence-corrected chi connectivity index (χ4v) is 4.36. The molecule has 1 fully saturated rings. The predicted molar refractivity (Wildman–Crippen MR) is 88.8 cm³/mol.